The minimum atomic E-state index is -2.36. The van der Waals surface area contributed by atoms with E-state index in [-0.39, 0.29) is 0 Å². The van der Waals surface area contributed by atoms with E-state index in [1.165, 1.54) is 0 Å². The topological polar surface area (TPSA) is 40.2 Å². The van der Waals surface area contributed by atoms with Crippen LogP contribution in [0.15, 0.2) is 0 Å². The van der Waals surface area contributed by atoms with Crippen molar-refractivity contribution in [3.8, 4) is 0 Å². The summed E-state index contributed by atoms with van der Waals surface area (Å²) in [6.07, 6.45) is 2.05. The molecule has 0 spiro atoms. The molecule has 0 radical (unpaired) electrons. The molecule has 0 aliphatic heterocycles. The average molecular weight is 422 g/mol. The fourth-order valence-electron chi connectivity index (χ4n) is 4.58. The van der Waals surface area contributed by atoms with Gasteiger partial charge in [0.05, 0.1) is 11.3 Å². The van der Waals surface area contributed by atoms with Gasteiger partial charge >= 0.3 is 17.1 Å². The molecule has 0 heterocycles. The van der Waals surface area contributed by atoms with Gasteiger partial charge in [0.25, 0.3) is 0 Å². The molecule has 2 atom stereocenters. The van der Waals surface area contributed by atoms with Gasteiger partial charge in [-0.3, -0.25) is 4.90 Å². The van der Waals surface area contributed by atoms with Gasteiger partial charge in [-0.05, 0) is 59.2 Å². The van der Waals surface area contributed by atoms with Gasteiger partial charge in [0.15, 0.2) is 0 Å². The van der Waals surface area contributed by atoms with Crippen molar-refractivity contribution in [2.24, 2.45) is 0 Å². The van der Waals surface area contributed by atoms with Crippen molar-refractivity contribution >= 4 is 17.1 Å². The molecular formula is C20H47NO4Si2. The Bertz CT molecular complexity index is 330. The highest BCUT2D eigenvalue weighted by Gasteiger charge is 2.53. The highest BCUT2D eigenvalue weighted by Crippen LogP contribution is 2.32. The molecule has 0 aromatic rings. The van der Waals surface area contributed by atoms with Gasteiger partial charge in [0, 0.05) is 26.4 Å². The first-order valence-corrected chi connectivity index (χ1v) is 15.5. The smallest absolute Gasteiger partial charge is 0.355 e. The second kappa shape index (κ2) is 14.3. The van der Waals surface area contributed by atoms with Crippen LogP contribution in [0, 0.1) is 0 Å². The van der Waals surface area contributed by atoms with Crippen LogP contribution in [0.4, 0.5) is 0 Å². The van der Waals surface area contributed by atoms with E-state index in [2.05, 4.69) is 67.2 Å². The van der Waals surface area contributed by atoms with Crippen LogP contribution in [0.5, 0.6) is 0 Å². The summed E-state index contributed by atoms with van der Waals surface area (Å²) in [6.45, 7) is 23.4. The van der Waals surface area contributed by atoms with Crippen molar-refractivity contribution in [2.75, 3.05) is 33.0 Å². The van der Waals surface area contributed by atoms with E-state index in [1.807, 2.05) is 0 Å². The van der Waals surface area contributed by atoms with Gasteiger partial charge in [-0.15, -0.1) is 0 Å². The Morgan fingerprint density at radius 2 is 0.852 bits per heavy atom. The molecule has 0 aromatic carbocycles. The predicted molar refractivity (Wildman–Crippen MR) is 120 cm³/mol. The van der Waals surface area contributed by atoms with E-state index in [1.54, 1.807) is 0 Å². The highest BCUT2D eigenvalue weighted by atomic mass is 28.4. The standard InChI is InChI=1S/C20H47NO4Si2/c1-10-19(26(17-8,22-13-4)23-14-5)21(12-3)20(11-2)27(18-9,24-15-6)25-16-7/h19-20H,10-18H2,1-9H3. The van der Waals surface area contributed by atoms with Crippen molar-refractivity contribution in [3.05, 3.63) is 0 Å². The SMILES string of the molecule is CCO[Si](CC)(OCC)C(CC)N(CC)C(CC)[Si](CC)(OCC)OCC. The van der Waals surface area contributed by atoms with Crippen molar-refractivity contribution in [1.29, 1.82) is 0 Å². The first-order valence-electron chi connectivity index (χ1n) is 11.3. The monoisotopic (exact) mass is 421 g/mol. The summed E-state index contributed by atoms with van der Waals surface area (Å²) in [5.74, 6) is 0. The van der Waals surface area contributed by atoms with E-state index in [9.17, 15) is 0 Å². The third-order valence-corrected chi connectivity index (χ3v) is 14.1. The third-order valence-electron chi connectivity index (χ3n) is 5.49. The van der Waals surface area contributed by atoms with Gasteiger partial charge in [-0.1, -0.05) is 34.6 Å². The summed E-state index contributed by atoms with van der Waals surface area (Å²) in [6, 6.07) is 1.92. The lowest BCUT2D eigenvalue weighted by Gasteiger charge is -2.49. The molecule has 164 valence electrons. The molecule has 7 heteroatoms. The van der Waals surface area contributed by atoms with Crippen LogP contribution in [0.1, 0.15) is 75.2 Å². The number of hydrogen-bond donors (Lipinski definition) is 0. The fraction of sp³-hybridized carbons (Fsp3) is 1.00. The van der Waals surface area contributed by atoms with Crippen LogP contribution < -0.4 is 0 Å². The summed E-state index contributed by atoms with van der Waals surface area (Å²) >= 11 is 0. The van der Waals surface area contributed by atoms with E-state index in [0.717, 1.165) is 31.5 Å². The van der Waals surface area contributed by atoms with E-state index >= 15 is 0 Å². The van der Waals surface area contributed by atoms with Gasteiger partial charge < -0.3 is 17.7 Å². The lowest BCUT2D eigenvalue weighted by Crippen LogP contribution is -2.68. The third kappa shape index (κ3) is 6.62. The Hall–Kier alpha value is 0.234. The second-order valence-electron chi connectivity index (χ2n) is 6.74. The molecule has 0 amide bonds. The summed E-state index contributed by atoms with van der Waals surface area (Å²) in [4.78, 5) is 2.63. The average Bonchev–Trinajstić information content (AvgIpc) is 2.67. The molecule has 0 saturated heterocycles. The Kier molecular flexibility index (Phi) is 14.4. The number of hydrogen-bond acceptors (Lipinski definition) is 5. The first kappa shape index (κ1) is 27.2. The maximum absolute atomic E-state index is 6.42. The van der Waals surface area contributed by atoms with Gasteiger partial charge in [0.2, 0.25) is 0 Å². The summed E-state index contributed by atoms with van der Waals surface area (Å²) in [7, 11) is -4.72. The van der Waals surface area contributed by atoms with E-state index < -0.39 is 17.1 Å². The Morgan fingerprint density at radius 3 is 1.00 bits per heavy atom. The molecule has 0 aliphatic rings. The maximum Gasteiger partial charge on any atom is 0.355 e. The Labute approximate surface area is 171 Å². The molecule has 27 heavy (non-hydrogen) atoms. The van der Waals surface area contributed by atoms with Crippen LogP contribution in [0.25, 0.3) is 0 Å². The Balaban J connectivity index is 6.16. The van der Waals surface area contributed by atoms with E-state index in [4.69, 9.17) is 17.7 Å². The number of nitrogens with zero attached hydrogens (tertiary/aromatic N) is 1. The van der Waals surface area contributed by atoms with Crippen molar-refractivity contribution in [2.45, 2.75) is 98.6 Å². The summed E-state index contributed by atoms with van der Waals surface area (Å²) < 4.78 is 25.7. The molecule has 0 fully saturated rings. The lowest BCUT2D eigenvalue weighted by molar-refractivity contribution is 0.0871. The molecule has 0 bridgehead atoms. The quantitative estimate of drug-likeness (QED) is 0.309. The second-order valence-corrected chi connectivity index (χ2v) is 13.9. The summed E-state index contributed by atoms with van der Waals surface area (Å²) in [5.41, 5.74) is 0.605. The molecular weight excluding hydrogens is 374 g/mol. The van der Waals surface area contributed by atoms with Crippen molar-refractivity contribution < 1.29 is 17.7 Å². The predicted octanol–water partition coefficient (Wildman–Crippen LogP) is 5.01. The highest BCUT2D eigenvalue weighted by molar-refractivity contribution is 6.70. The molecule has 5 nitrogen and oxygen atoms in total. The minimum absolute atomic E-state index is 0.302. The zero-order valence-electron chi connectivity index (χ0n) is 19.6. The molecule has 0 aromatic heterocycles. The van der Waals surface area contributed by atoms with Crippen LogP contribution >= 0.6 is 0 Å². The lowest BCUT2D eigenvalue weighted by atomic mass is 10.3. The van der Waals surface area contributed by atoms with Crippen LogP contribution in [-0.2, 0) is 17.7 Å². The molecule has 0 saturated carbocycles. The first-order chi connectivity index (χ1) is 13.0. The summed E-state index contributed by atoms with van der Waals surface area (Å²) in [5, 5.41) is 0. The largest absolute Gasteiger partial charge is 0.394 e. The van der Waals surface area contributed by atoms with E-state index in [0.29, 0.717) is 37.8 Å². The van der Waals surface area contributed by atoms with Gasteiger partial charge in [-0.2, -0.15) is 0 Å². The molecule has 2 unspecified atom stereocenters. The Morgan fingerprint density at radius 1 is 0.556 bits per heavy atom. The van der Waals surface area contributed by atoms with Crippen LogP contribution in [0.2, 0.25) is 12.1 Å². The zero-order valence-corrected chi connectivity index (χ0v) is 21.6. The van der Waals surface area contributed by atoms with Gasteiger partial charge in [0.1, 0.15) is 0 Å². The van der Waals surface area contributed by atoms with Gasteiger partial charge in [-0.25, -0.2) is 0 Å². The van der Waals surface area contributed by atoms with Crippen LogP contribution in [0.3, 0.4) is 0 Å². The minimum Gasteiger partial charge on any atom is -0.394 e. The van der Waals surface area contributed by atoms with Crippen molar-refractivity contribution in [3.63, 3.8) is 0 Å². The van der Waals surface area contributed by atoms with Crippen LogP contribution in [-0.4, -0.2) is 66.3 Å². The molecule has 0 rings (SSSR count). The molecule has 0 N–H and O–H groups in total. The molecule has 0 aliphatic carbocycles. The maximum atomic E-state index is 6.42. The zero-order chi connectivity index (χ0) is 20.9. The normalized spacial score (nSPS) is 15.3. The fourth-order valence-corrected chi connectivity index (χ4v) is 12.4. The number of rotatable bonds is 17. The van der Waals surface area contributed by atoms with Crippen molar-refractivity contribution in [1.82, 2.24) is 4.90 Å².